The van der Waals surface area contributed by atoms with Crippen LogP contribution in [0.2, 0.25) is 0 Å². The van der Waals surface area contributed by atoms with Crippen LogP contribution < -0.4 is 0 Å². The number of nitriles is 1. The Morgan fingerprint density at radius 3 is 2.90 bits per heavy atom. The Labute approximate surface area is 58.4 Å². The van der Waals surface area contributed by atoms with Crippen molar-refractivity contribution in [1.29, 1.82) is 5.26 Å². The monoisotopic (exact) mass is 129 g/mol. The Balaban J connectivity index is 2.89. The highest BCUT2D eigenvalue weighted by Gasteiger charge is 1.81. The second-order valence-corrected chi connectivity index (χ2v) is 1.45. The fraction of sp³-hybridized carbons (Fsp3) is 0. The fourth-order valence-electron chi connectivity index (χ4n) is 0.456. The van der Waals surface area contributed by atoms with Gasteiger partial charge >= 0.3 is 0 Å². The van der Waals surface area contributed by atoms with Gasteiger partial charge < -0.3 is 0 Å². The zero-order valence-corrected chi connectivity index (χ0v) is 5.07. The van der Waals surface area contributed by atoms with E-state index in [1.165, 1.54) is 12.4 Å². The highest BCUT2D eigenvalue weighted by Crippen LogP contribution is 1.83. The van der Waals surface area contributed by atoms with Crippen LogP contribution in [0, 0.1) is 23.2 Å². The van der Waals surface area contributed by atoms with Gasteiger partial charge in [-0.3, -0.25) is 4.98 Å². The van der Waals surface area contributed by atoms with E-state index in [1.807, 2.05) is 0 Å². The molecule has 1 aromatic heterocycles. The first-order valence-corrected chi connectivity index (χ1v) is 2.59. The average molecular weight is 129 g/mol. The first kappa shape index (κ1) is 6.25. The van der Waals surface area contributed by atoms with Crippen molar-refractivity contribution in [3.8, 4) is 17.9 Å². The minimum absolute atomic E-state index is 0.518. The third-order valence-corrected chi connectivity index (χ3v) is 0.810. The summed E-state index contributed by atoms with van der Waals surface area (Å²) < 4.78 is 0. The zero-order chi connectivity index (χ0) is 7.23. The van der Waals surface area contributed by atoms with Crippen molar-refractivity contribution in [3.05, 3.63) is 24.3 Å². The first-order valence-electron chi connectivity index (χ1n) is 2.59. The zero-order valence-electron chi connectivity index (χ0n) is 5.07. The van der Waals surface area contributed by atoms with Crippen LogP contribution in [0.1, 0.15) is 5.69 Å². The number of hydrogen-bond donors (Lipinski definition) is 0. The predicted molar refractivity (Wildman–Crippen MR) is 34.5 cm³/mol. The van der Waals surface area contributed by atoms with E-state index in [1.54, 1.807) is 12.3 Å². The smallest absolute Gasteiger partial charge is 0.152 e. The molecule has 0 radical (unpaired) electrons. The molecule has 46 valence electrons. The highest BCUT2D eigenvalue weighted by atomic mass is 14.7. The summed E-state index contributed by atoms with van der Waals surface area (Å²) in [6.45, 7) is 0. The first-order chi connectivity index (χ1) is 4.93. The second kappa shape index (κ2) is 3.21. The molecular weight excluding hydrogens is 126 g/mol. The van der Waals surface area contributed by atoms with Gasteiger partial charge in [-0.05, 0) is 5.92 Å². The van der Waals surface area contributed by atoms with Crippen LogP contribution in [-0.4, -0.2) is 9.97 Å². The number of rotatable bonds is 0. The molecule has 1 aromatic rings. The van der Waals surface area contributed by atoms with Gasteiger partial charge in [0.15, 0.2) is 6.07 Å². The van der Waals surface area contributed by atoms with Crippen molar-refractivity contribution in [2.45, 2.75) is 0 Å². The van der Waals surface area contributed by atoms with E-state index >= 15 is 0 Å². The summed E-state index contributed by atoms with van der Waals surface area (Å²) in [5.74, 6) is 4.73. The summed E-state index contributed by atoms with van der Waals surface area (Å²) in [6.07, 6.45) is 4.59. The lowest BCUT2D eigenvalue weighted by atomic mass is 10.4. The molecule has 0 aliphatic rings. The molecule has 0 saturated carbocycles. The molecule has 0 aromatic carbocycles. The van der Waals surface area contributed by atoms with Gasteiger partial charge in [0.1, 0.15) is 5.69 Å². The quantitative estimate of drug-likeness (QED) is 0.475. The van der Waals surface area contributed by atoms with Crippen LogP contribution >= 0.6 is 0 Å². The molecule has 1 heterocycles. The van der Waals surface area contributed by atoms with Gasteiger partial charge in [0.25, 0.3) is 0 Å². The topological polar surface area (TPSA) is 49.6 Å². The summed E-state index contributed by atoms with van der Waals surface area (Å²) in [7, 11) is 0. The van der Waals surface area contributed by atoms with E-state index < -0.39 is 0 Å². The van der Waals surface area contributed by atoms with Crippen LogP contribution in [0.25, 0.3) is 0 Å². The van der Waals surface area contributed by atoms with Crippen LogP contribution in [-0.2, 0) is 0 Å². The lowest BCUT2D eigenvalue weighted by molar-refractivity contribution is 1.17. The minimum atomic E-state index is 0.518. The second-order valence-electron chi connectivity index (χ2n) is 1.45. The maximum atomic E-state index is 8.06. The molecule has 0 aliphatic carbocycles. The van der Waals surface area contributed by atoms with Crippen LogP contribution in [0.15, 0.2) is 18.6 Å². The van der Waals surface area contributed by atoms with Gasteiger partial charge in [0, 0.05) is 18.3 Å². The average Bonchev–Trinajstić information content (AvgIpc) is 2.03. The normalized spacial score (nSPS) is 7.10. The summed E-state index contributed by atoms with van der Waals surface area (Å²) in [5.41, 5.74) is 0.518. The Morgan fingerprint density at radius 2 is 2.30 bits per heavy atom. The Kier molecular flexibility index (Phi) is 2.01. The number of aromatic nitrogens is 2. The molecule has 0 N–H and O–H groups in total. The number of hydrogen-bond acceptors (Lipinski definition) is 3. The molecule has 3 nitrogen and oxygen atoms in total. The van der Waals surface area contributed by atoms with Crippen LogP contribution in [0.4, 0.5) is 0 Å². The van der Waals surface area contributed by atoms with Gasteiger partial charge in [-0.2, -0.15) is 5.26 Å². The van der Waals surface area contributed by atoms with E-state index in [-0.39, 0.29) is 0 Å². The molecule has 1 rings (SSSR count). The third-order valence-electron chi connectivity index (χ3n) is 0.810. The van der Waals surface area contributed by atoms with Crippen molar-refractivity contribution < 1.29 is 0 Å². The maximum Gasteiger partial charge on any atom is 0.152 e. The molecule has 0 spiro atoms. The summed E-state index contributed by atoms with van der Waals surface area (Å²) in [6, 6.07) is 1.69. The van der Waals surface area contributed by atoms with Crippen LogP contribution in [0.3, 0.4) is 0 Å². The lowest BCUT2D eigenvalue weighted by Crippen LogP contribution is -1.80. The van der Waals surface area contributed by atoms with Gasteiger partial charge in [-0.1, -0.05) is 0 Å². The molecule has 0 bridgehead atoms. The Morgan fingerprint density at radius 1 is 1.40 bits per heavy atom. The molecule has 3 heteroatoms. The van der Waals surface area contributed by atoms with Gasteiger partial charge in [0.2, 0.25) is 0 Å². The van der Waals surface area contributed by atoms with Crippen molar-refractivity contribution in [2.24, 2.45) is 0 Å². The van der Waals surface area contributed by atoms with E-state index in [2.05, 4.69) is 21.8 Å². The third kappa shape index (κ3) is 1.57. The van der Waals surface area contributed by atoms with E-state index in [0.717, 1.165) is 0 Å². The van der Waals surface area contributed by atoms with Crippen molar-refractivity contribution in [1.82, 2.24) is 9.97 Å². The minimum Gasteiger partial charge on any atom is -0.260 e. The molecule has 0 atom stereocenters. The predicted octanol–water partition coefficient (Wildman–Crippen LogP) is 0.352. The standard InChI is InChI=1S/C7H3N3/c8-3-1-2-7-6-9-4-5-10-7/h4-6H. The lowest BCUT2D eigenvalue weighted by Gasteiger charge is -1.81. The maximum absolute atomic E-state index is 8.06. The molecule has 0 unspecified atom stereocenters. The Hall–Kier alpha value is -1.87. The molecular formula is C7H3N3. The van der Waals surface area contributed by atoms with Crippen molar-refractivity contribution in [2.75, 3.05) is 0 Å². The van der Waals surface area contributed by atoms with E-state index in [0.29, 0.717) is 5.69 Å². The highest BCUT2D eigenvalue weighted by molar-refractivity contribution is 5.30. The number of nitrogens with zero attached hydrogens (tertiary/aromatic N) is 3. The Bertz CT molecular complexity index is 299. The van der Waals surface area contributed by atoms with Crippen molar-refractivity contribution in [3.63, 3.8) is 0 Å². The van der Waals surface area contributed by atoms with E-state index in [9.17, 15) is 0 Å². The largest absolute Gasteiger partial charge is 0.260 e. The van der Waals surface area contributed by atoms with E-state index in [4.69, 9.17) is 5.26 Å². The van der Waals surface area contributed by atoms with Crippen molar-refractivity contribution >= 4 is 0 Å². The molecule has 10 heavy (non-hydrogen) atoms. The summed E-state index contributed by atoms with van der Waals surface area (Å²) in [4.78, 5) is 7.59. The van der Waals surface area contributed by atoms with Crippen LogP contribution in [0.5, 0.6) is 0 Å². The molecule has 0 saturated heterocycles. The summed E-state index contributed by atoms with van der Waals surface area (Å²) >= 11 is 0. The molecule has 0 amide bonds. The van der Waals surface area contributed by atoms with Gasteiger partial charge in [0.05, 0.1) is 6.20 Å². The fourth-order valence-corrected chi connectivity index (χ4v) is 0.456. The summed E-state index contributed by atoms with van der Waals surface area (Å²) in [5, 5.41) is 8.06. The SMILES string of the molecule is N#CC#Cc1cnccn1. The molecule has 0 fully saturated rings. The van der Waals surface area contributed by atoms with Gasteiger partial charge in [-0.15, -0.1) is 0 Å². The van der Waals surface area contributed by atoms with Gasteiger partial charge in [-0.25, -0.2) is 4.98 Å². The molecule has 0 aliphatic heterocycles.